The maximum Gasteiger partial charge on any atom is 0.252 e. The molecule has 0 aliphatic heterocycles. The summed E-state index contributed by atoms with van der Waals surface area (Å²) in [6, 6.07) is 2.60. The van der Waals surface area contributed by atoms with Gasteiger partial charge in [-0.2, -0.15) is 4.39 Å². The van der Waals surface area contributed by atoms with E-state index in [9.17, 15) is 9.18 Å². The largest absolute Gasteiger partial charge is 0.352 e. The summed E-state index contributed by atoms with van der Waals surface area (Å²) >= 11 is 0. The van der Waals surface area contributed by atoms with Gasteiger partial charge in [-0.25, -0.2) is 4.98 Å². The molecule has 0 radical (unpaired) electrons. The zero-order chi connectivity index (χ0) is 12.0. The van der Waals surface area contributed by atoms with Crippen LogP contribution in [0.5, 0.6) is 0 Å². The normalized spacial score (nSPS) is 10.5. The van der Waals surface area contributed by atoms with Gasteiger partial charge in [-0.1, -0.05) is 0 Å². The number of carbonyl (C=O) groups is 1. The first kappa shape index (κ1) is 12.6. The van der Waals surface area contributed by atoms with Gasteiger partial charge in [-0.15, -0.1) is 0 Å². The van der Waals surface area contributed by atoms with Crippen LogP contribution in [0.3, 0.4) is 0 Å². The maximum absolute atomic E-state index is 12.5. The van der Waals surface area contributed by atoms with Crippen LogP contribution in [0, 0.1) is 5.95 Å². The molecule has 0 aromatic carbocycles. The Morgan fingerprint density at radius 2 is 2.25 bits per heavy atom. The molecule has 16 heavy (non-hydrogen) atoms. The summed E-state index contributed by atoms with van der Waals surface area (Å²) in [6.45, 7) is 1.52. The quantitative estimate of drug-likeness (QED) is 0.597. The number of carbonyl (C=O) groups excluding carboxylic acids is 1. The lowest BCUT2D eigenvalue weighted by Crippen LogP contribution is -2.27. The van der Waals surface area contributed by atoms with Crippen molar-refractivity contribution in [2.24, 2.45) is 0 Å². The Hall–Kier alpha value is -1.49. The molecular formula is C11H16FN3O. The zero-order valence-electron chi connectivity index (χ0n) is 9.53. The topological polar surface area (TPSA) is 45.2 Å². The second-order valence-corrected chi connectivity index (χ2v) is 3.78. The standard InChI is InChI=1S/C11H16FN3O/c1-15(2)7-3-6-13-11(16)9-4-5-10(12)14-8-9/h4-5,8H,3,6-7H2,1-2H3,(H,13,16)/i12-1. The minimum Gasteiger partial charge on any atom is -0.352 e. The van der Waals surface area contributed by atoms with Crippen LogP contribution >= 0.6 is 0 Å². The summed E-state index contributed by atoms with van der Waals surface area (Å²) in [5.74, 6) is -0.796. The number of nitrogens with one attached hydrogen (secondary N) is 1. The summed E-state index contributed by atoms with van der Waals surface area (Å²) in [4.78, 5) is 17.0. The minimum atomic E-state index is -0.579. The molecule has 0 fully saturated rings. The number of halogens is 1. The van der Waals surface area contributed by atoms with Crippen LogP contribution in [-0.2, 0) is 0 Å². The monoisotopic (exact) mass is 224 g/mol. The molecule has 0 spiro atoms. The molecule has 0 saturated heterocycles. The molecule has 1 heterocycles. The second-order valence-electron chi connectivity index (χ2n) is 3.78. The van der Waals surface area contributed by atoms with Crippen LogP contribution in [-0.4, -0.2) is 43.0 Å². The van der Waals surface area contributed by atoms with Crippen LogP contribution in [0.2, 0.25) is 0 Å². The molecule has 1 aromatic heterocycles. The highest BCUT2D eigenvalue weighted by molar-refractivity contribution is 5.93. The maximum atomic E-state index is 12.5. The lowest BCUT2D eigenvalue weighted by atomic mass is 10.2. The van der Waals surface area contributed by atoms with Crippen molar-refractivity contribution in [2.45, 2.75) is 6.42 Å². The third-order valence-corrected chi connectivity index (χ3v) is 2.06. The fraction of sp³-hybridized carbons (Fsp3) is 0.455. The van der Waals surface area contributed by atoms with Crippen molar-refractivity contribution in [3.05, 3.63) is 29.8 Å². The Kier molecular flexibility index (Phi) is 4.85. The van der Waals surface area contributed by atoms with E-state index >= 15 is 0 Å². The van der Waals surface area contributed by atoms with E-state index in [1.54, 1.807) is 0 Å². The van der Waals surface area contributed by atoms with E-state index in [1.165, 1.54) is 18.3 Å². The third kappa shape index (κ3) is 4.35. The smallest absolute Gasteiger partial charge is 0.252 e. The number of nitrogens with zero attached hydrogens (tertiary/aromatic N) is 2. The Bertz CT molecular complexity index is 338. The summed E-state index contributed by atoms with van der Waals surface area (Å²) in [5, 5.41) is 2.75. The first-order valence-electron chi connectivity index (χ1n) is 5.14. The first-order valence-corrected chi connectivity index (χ1v) is 5.14. The molecule has 5 heteroatoms. The van der Waals surface area contributed by atoms with E-state index in [2.05, 4.69) is 10.3 Å². The molecule has 1 amide bonds. The highest BCUT2D eigenvalue weighted by Gasteiger charge is 2.04. The van der Waals surface area contributed by atoms with Gasteiger partial charge in [0.15, 0.2) is 0 Å². The molecule has 4 nitrogen and oxygen atoms in total. The van der Waals surface area contributed by atoms with Gasteiger partial charge in [-0.05, 0) is 39.2 Å². The summed E-state index contributed by atoms with van der Waals surface area (Å²) in [7, 11) is 3.96. The Morgan fingerprint density at radius 3 is 2.81 bits per heavy atom. The number of amides is 1. The molecule has 1 rings (SSSR count). The molecule has 0 aliphatic carbocycles. The fourth-order valence-corrected chi connectivity index (χ4v) is 1.21. The number of hydrogen-bond donors (Lipinski definition) is 1. The molecule has 0 saturated carbocycles. The Balaban J connectivity index is 2.32. The molecule has 0 bridgehead atoms. The second kappa shape index (κ2) is 6.17. The van der Waals surface area contributed by atoms with Gasteiger partial charge in [0.05, 0.1) is 5.56 Å². The molecular weight excluding hydrogens is 208 g/mol. The van der Waals surface area contributed by atoms with Gasteiger partial charge < -0.3 is 10.2 Å². The van der Waals surface area contributed by atoms with Gasteiger partial charge in [0.2, 0.25) is 5.95 Å². The molecule has 0 atom stereocenters. The third-order valence-electron chi connectivity index (χ3n) is 2.06. The SMILES string of the molecule is CN(C)CCCNC(=O)c1ccc([18F])nc1. The molecule has 1 aromatic rings. The fourth-order valence-electron chi connectivity index (χ4n) is 1.21. The summed E-state index contributed by atoms with van der Waals surface area (Å²) in [6.07, 6.45) is 2.12. The lowest BCUT2D eigenvalue weighted by molar-refractivity contribution is 0.0952. The van der Waals surface area contributed by atoms with Crippen LogP contribution in [0.15, 0.2) is 18.3 Å². The Morgan fingerprint density at radius 1 is 1.50 bits per heavy atom. The molecule has 1 N–H and O–H groups in total. The van der Waals surface area contributed by atoms with Gasteiger partial charge in [0.25, 0.3) is 5.91 Å². The zero-order valence-corrected chi connectivity index (χ0v) is 9.53. The van der Waals surface area contributed by atoms with E-state index in [-0.39, 0.29) is 5.91 Å². The number of rotatable bonds is 5. The van der Waals surface area contributed by atoms with Gasteiger partial charge in [0.1, 0.15) is 0 Å². The van der Waals surface area contributed by atoms with Gasteiger partial charge in [-0.3, -0.25) is 4.79 Å². The van der Waals surface area contributed by atoms with Crippen LogP contribution in [0.4, 0.5) is 4.39 Å². The van der Waals surface area contributed by atoms with E-state index in [1.807, 2.05) is 19.0 Å². The highest BCUT2D eigenvalue weighted by Crippen LogP contribution is 1.98. The predicted octanol–water partition coefficient (Wildman–Crippen LogP) is 0.902. The van der Waals surface area contributed by atoms with Gasteiger partial charge >= 0.3 is 0 Å². The van der Waals surface area contributed by atoms with Crippen LogP contribution in [0.1, 0.15) is 16.8 Å². The average Bonchev–Trinajstić information content (AvgIpc) is 2.25. The van der Waals surface area contributed by atoms with Crippen molar-refractivity contribution in [1.82, 2.24) is 15.2 Å². The number of hydrogen-bond acceptors (Lipinski definition) is 3. The molecule has 88 valence electrons. The molecule has 0 aliphatic rings. The van der Waals surface area contributed by atoms with E-state index in [0.717, 1.165) is 13.0 Å². The van der Waals surface area contributed by atoms with Crippen molar-refractivity contribution in [3.63, 3.8) is 0 Å². The first-order chi connectivity index (χ1) is 7.59. The van der Waals surface area contributed by atoms with Gasteiger partial charge in [0, 0.05) is 12.7 Å². The number of aromatic nitrogens is 1. The van der Waals surface area contributed by atoms with E-state index in [4.69, 9.17) is 0 Å². The minimum absolute atomic E-state index is 0.216. The van der Waals surface area contributed by atoms with Crippen LogP contribution < -0.4 is 5.32 Å². The summed E-state index contributed by atoms with van der Waals surface area (Å²) < 4.78 is 12.5. The summed E-state index contributed by atoms with van der Waals surface area (Å²) in [5.41, 5.74) is 0.381. The van der Waals surface area contributed by atoms with Crippen molar-refractivity contribution >= 4 is 5.91 Å². The van der Waals surface area contributed by atoms with E-state index in [0.29, 0.717) is 12.1 Å². The average molecular weight is 224 g/mol. The van der Waals surface area contributed by atoms with Crippen molar-refractivity contribution in [1.29, 1.82) is 0 Å². The van der Waals surface area contributed by atoms with Crippen LogP contribution in [0.25, 0.3) is 0 Å². The Labute approximate surface area is 94.5 Å². The number of pyridine rings is 1. The molecule has 0 unspecified atom stereocenters. The predicted molar refractivity (Wildman–Crippen MR) is 59.7 cm³/mol. The highest BCUT2D eigenvalue weighted by atomic mass is 18.2. The van der Waals surface area contributed by atoms with Crippen molar-refractivity contribution in [2.75, 3.05) is 27.2 Å². The van der Waals surface area contributed by atoms with Crippen molar-refractivity contribution < 1.29 is 9.18 Å². The van der Waals surface area contributed by atoms with E-state index < -0.39 is 5.95 Å². The lowest BCUT2D eigenvalue weighted by Gasteiger charge is -2.09. The van der Waals surface area contributed by atoms with Crippen molar-refractivity contribution in [3.8, 4) is 0 Å².